The Morgan fingerprint density at radius 3 is 2.33 bits per heavy atom. The highest BCUT2D eigenvalue weighted by Crippen LogP contribution is 2.26. The number of methoxy groups -OCH3 is 1. The zero-order chi connectivity index (χ0) is 13.8. The lowest BCUT2D eigenvalue weighted by molar-refractivity contribution is -0.175. The lowest BCUT2D eigenvalue weighted by atomic mass is 10.1. The molecular formula is C12H21NO5. The van der Waals surface area contributed by atoms with Gasteiger partial charge in [0.25, 0.3) is 0 Å². The summed E-state index contributed by atoms with van der Waals surface area (Å²) in [5, 5.41) is 0. The molecule has 1 aliphatic rings. The van der Waals surface area contributed by atoms with Crippen molar-refractivity contribution in [1.29, 1.82) is 0 Å². The van der Waals surface area contributed by atoms with Gasteiger partial charge in [0.2, 0.25) is 5.91 Å². The van der Waals surface area contributed by atoms with Crippen molar-refractivity contribution in [3.63, 3.8) is 0 Å². The molecule has 1 fully saturated rings. The van der Waals surface area contributed by atoms with E-state index in [4.69, 9.17) is 14.2 Å². The fourth-order valence-electron chi connectivity index (χ4n) is 2.15. The van der Waals surface area contributed by atoms with Crippen LogP contribution in [0.1, 0.15) is 27.2 Å². The van der Waals surface area contributed by atoms with Gasteiger partial charge in [-0.1, -0.05) is 0 Å². The average Bonchev–Trinajstić information content (AvgIpc) is 2.74. The maximum absolute atomic E-state index is 11.8. The topological polar surface area (TPSA) is 65.1 Å². The maximum atomic E-state index is 11.8. The van der Waals surface area contributed by atoms with Crippen molar-refractivity contribution in [2.75, 3.05) is 26.9 Å². The molecule has 1 atom stereocenters. The number of likely N-dealkylation sites (N-methyl/N-ethyl adjacent to an activating group) is 1. The van der Waals surface area contributed by atoms with Crippen LogP contribution in [-0.4, -0.2) is 55.5 Å². The van der Waals surface area contributed by atoms with Crippen molar-refractivity contribution in [3.8, 4) is 0 Å². The fraction of sp³-hybridized carbons (Fsp3) is 0.833. The molecule has 1 amide bonds. The van der Waals surface area contributed by atoms with E-state index < -0.39 is 17.8 Å². The van der Waals surface area contributed by atoms with Gasteiger partial charge in [-0.15, -0.1) is 0 Å². The minimum absolute atomic E-state index is 0.172. The second-order valence-electron chi connectivity index (χ2n) is 4.38. The van der Waals surface area contributed by atoms with Crippen molar-refractivity contribution >= 4 is 11.9 Å². The van der Waals surface area contributed by atoms with Gasteiger partial charge in [-0.3, -0.25) is 4.79 Å². The summed E-state index contributed by atoms with van der Waals surface area (Å²) in [6.45, 7) is 6.44. The summed E-state index contributed by atoms with van der Waals surface area (Å²) in [7, 11) is 1.31. The smallest absolute Gasteiger partial charge is 0.328 e. The Morgan fingerprint density at radius 1 is 1.39 bits per heavy atom. The number of rotatable bonds is 5. The molecule has 1 unspecified atom stereocenters. The average molecular weight is 259 g/mol. The number of amides is 1. The van der Waals surface area contributed by atoms with E-state index in [1.165, 1.54) is 18.9 Å². The second kappa shape index (κ2) is 6.15. The molecule has 0 aromatic heterocycles. The van der Waals surface area contributed by atoms with Crippen molar-refractivity contribution in [1.82, 2.24) is 4.90 Å². The molecular weight excluding hydrogens is 238 g/mol. The standard InChI is InChI=1S/C12H21NO5/c1-5-13(9(2)14)10(11(15)16-4)8-12(3)17-6-7-18-12/h10H,5-8H2,1-4H3. The predicted molar refractivity (Wildman–Crippen MR) is 63.8 cm³/mol. The monoisotopic (exact) mass is 259 g/mol. The first-order valence-corrected chi connectivity index (χ1v) is 6.06. The summed E-state index contributed by atoms with van der Waals surface area (Å²) < 4.78 is 15.7. The minimum atomic E-state index is -0.832. The summed E-state index contributed by atoms with van der Waals surface area (Å²) in [4.78, 5) is 24.8. The van der Waals surface area contributed by atoms with Gasteiger partial charge in [0, 0.05) is 19.9 Å². The van der Waals surface area contributed by atoms with Crippen LogP contribution in [0.5, 0.6) is 0 Å². The van der Waals surface area contributed by atoms with Gasteiger partial charge in [-0.2, -0.15) is 0 Å². The van der Waals surface area contributed by atoms with Gasteiger partial charge in [-0.05, 0) is 13.8 Å². The Morgan fingerprint density at radius 2 is 1.94 bits per heavy atom. The van der Waals surface area contributed by atoms with Crippen molar-refractivity contribution in [3.05, 3.63) is 0 Å². The largest absolute Gasteiger partial charge is 0.467 e. The molecule has 0 saturated carbocycles. The molecule has 0 aromatic rings. The highest BCUT2D eigenvalue weighted by atomic mass is 16.7. The predicted octanol–water partition coefficient (Wildman–Crippen LogP) is 0.549. The first kappa shape index (κ1) is 14.9. The molecule has 0 aromatic carbocycles. The van der Waals surface area contributed by atoms with Crippen molar-refractivity contribution in [2.24, 2.45) is 0 Å². The Balaban J connectivity index is 2.83. The van der Waals surface area contributed by atoms with Crippen LogP contribution in [0.3, 0.4) is 0 Å². The maximum Gasteiger partial charge on any atom is 0.328 e. The zero-order valence-electron chi connectivity index (χ0n) is 11.4. The van der Waals surface area contributed by atoms with E-state index in [0.717, 1.165) is 0 Å². The third kappa shape index (κ3) is 3.43. The van der Waals surface area contributed by atoms with Gasteiger partial charge in [0.05, 0.1) is 20.3 Å². The van der Waals surface area contributed by atoms with Crippen molar-refractivity contribution < 1.29 is 23.8 Å². The summed E-state index contributed by atoms with van der Waals surface area (Å²) in [5.41, 5.74) is 0. The van der Waals surface area contributed by atoms with E-state index in [9.17, 15) is 9.59 Å². The van der Waals surface area contributed by atoms with Gasteiger partial charge < -0.3 is 19.1 Å². The second-order valence-corrected chi connectivity index (χ2v) is 4.38. The van der Waals surface area contributed by atoms with Crippen LogP contribution in [0, 0.1) is 0 Å². The zero-order valence-corrected chi connectivity index (χ0v) is 11.4. The number of esters is 1. The number of nitrogens with zero attached hydrogens (tertiary/aromatic N) is 1. The molecule has 18 heavy (non-hydrogen) atoms. The normalized spacial score (nSPS) is 19.3. The Kier molecular flexibility index (Phi) is 5.10. The van der Waals surface area contributed by atoms with E-state index in [1.54, 1.807) is 6.92 Å². The number of ether oxygens (including phenoxy) is 3. The lowest BCUT2D eigenvalue weighted by Crippen LogP contribution is -2.49. The van der Waals surface area contributed by atoms with E-state index in [1.807, 2.05) is 6.92 Å². The summed E-state index contributed by atoms with van der Waals surface area (Å²) in [5.74, 6) is -1.45. The SMILES string of the molecule is CCN(C(C)=O)C(CC1(C)OCCO1)C(=O)OC. The quantitative estimate of drug-likeness (QED) is 0.675. The molecule has 104 valence electrons. The van der Waals surface area contributed by atoms with Crippen LogP contribution < -0.4 is 0 Å². The van der Waals surface area contributed by atoms with Crippen LogP contribution in [0.4, 0.5) is 0 Å². The molecule has 1 rings (SSSR count). The molecule has 0 radical (unpaired) electrons. The fourth-order valence-corrected chi connectivity index (χ4v) is 2.15. The van der Waals surface area contributed by atoms with Crippen LogP contribution in [-0.2, 0) is 23.8 Å². The van der Waals surface area contributed by atoms with Gasteiger partial charge in [-0.25, -0.2) is 4.79 Å². The number of carbonyl (C=O) groups is 2. The van der Waals surface area contributed by atoms with Gasteiger partial charge >= 0.3 is 5.97 Å². The van der Waals surface area contributed by atoms with E-state index in [2.05, 4.69) is 0 Å². The third-order valence-corrected chi connectivity index (χ3v) is 3.06. The van der Waals surface area contributed by atoms with Crippen LogP contribution in [0.15, 0.2) is 0 Å². The Hall–Kier alpha value is -1.14. The molecule has 0 aliphatic carbocycles. The minimum Gasteiger partial charge on any atom is -0.467 e. The molecule has 0 N–H and O–H groups in total. The highest BCUT2D eigenvalue weighted by Gasteiger charge is 2.40. The summed E-state index contributed by atoms with van der Waals surface area (Å²) in [6.07, 6.45) is 0.271. The molecule has 6 heteroatoms. The molecule has 0 spiro atoms. The van der Waals surface area contributed by atoms with Crippen LogP contribution in [0.25, 0.3) is 0 Å². The molecule has 1 heterocycles. The van der Waals surface area contributed by atoms with Crippen LogP contribution >= 0.6 is 0 Å². The molecule has 1 aliphatic heterocycles. The van der Waals surface area contributed by atoms with E-state index in [-0.39, 0.29) is 12.3 Å². The van der Waals surface area contributed by atoms with Gasteiger partial charge in [0.1, 0.15) is 6.04 Å². The highest BCUT2D eigenvalue weighted by molar-refractivity contribution is 5.83. The Labute approximate surface area is 107 Å². The molecule has 1 saturated heterocycles. The third-order valence-electron chi connectivity index (χ3n) is 3.06. The number of hydrogen-bond acceptors (Lipinski definition) is 5. The number of carbonyl (C=O) groups excluding carboxylic acids is 2. The first-order chi connectivity index (χ1) is 8.43. The summed E-state index contributed by atoms with van der Waals surface area (Å²) in [6, 6.07) is -0.680. The molecule has 6 nitrogen and oxygen atoms in total. The van der Waals surface area contributed by atoms with E-state index in [0.29, 0.717) is 19.8 Å². The van der Waals surface area contributed by atoms with E-state index >= 15 is 0 Å². The Bertz CT molecular complexity index is 312. The lowest BCUT2D eigenvalue weighted by Gasteiger charge is -2.33. The van der Waals surface area contributed by atoms with Crippen LogP contribution in [0.2, 0.25) is 0 Å². The van der Waals surface area contributed by atoms with Crippen molar-refractivity contribution in [2.45, 2.75) is 39.0 Å². The summed E-state index contributed by atoms with van der Waals surface area (Å²) >= 11 is 0. The molecule has 0 bridgehead atoms. The van der Waals surface area contributed by atoms with Gasteiger partial charge in [0.15, 0.2) is 5.79 Å². The number of hydrogen-bond donors (Lipinski definition) is 0. The first-order valence-electron chi connectivity index (χ1n) is 6.06.